The molecule has 162 valence electrons. The molecule has 0 aromatic heterocycles. The molecule has 1 atom stereocenters. The lowest BCUT2D eigenvalue weighted by Gasteiger charge is -2.31. The maximum atomic E-state index is 13.6. The molecule has 0 saturated heterocycles. The first-order chi connectivity index (χ1) is 14.0. The summed E-state index contributed by atoms with van der Waals surface area (Å²) in [6.45, 7) is 0.979. The highest BCUT2D eigenvalue weighted by Crippen LogP contribution is 2.20. The van der Waals surface area contributed by atoms with Crippen LogP contribution in [0.4, 0.5) is 10.1 Å². The number of sulfonamides is 1. The number of rotatable bonds is 8. The van der Waals surface area contributed by atoms with E-state index >= 15 is 0 Å². The molecule has 0 radical (unpaired) electrons. The predicted octanol–water partition coefficient (Wildman–Crippen LogP) is 2.41. The van der Waals surface area contributed by atoms with Gasteiger partial charge in [0.15, 0.2) is 0 Å². The van der Waals surface area contributed by atoms with Crippen LogP contribution in [0.3, 0.4) is 0 Å². The summed E-state index contributed by atoms with van der Waals surface area (Å²) < 4.78 is 39.0. The number of nitrogens with one attached hydrogen (secondary N) is 1. The van der Waals surface area contributed by atoms with Crippen molar-refractivity contribution in [2.24, 2.45) is 0 Å². The molecular weight excluding hydrogens is 433 g/mol. The predicted molar refractivity (Wildman–Crippen MR) is 114 cm³/mol. The van der Waals surface area contributed by atoms with Gasteiger partial charge in [0, 0.05) is 18.6 Å². The SMILES string of the molecule is CNC(=O)[C@@H](C)N(Cc1cccc(Cl)c1)C(=O)CN(c1cccc(F)c1)S(C)(=O)=O. The maximum absolute atomic E-state index is 13.6. The first kappa shape index (κ1) is 23.6. The molecule has 10 heteroatoms. The van der Waals surface area contributed by atoms with E-state index in [2.05, 4.69) is 5.32 Å². The monoisotopic (exact) mass is 455 g/mol. The second kappa shape index (κ2) is 9.90. The van der Waals surface area contributed by atoms with Crippen molar-refractivity contribution in [2.45, 2.75) is 19.5 Å². The standard InChI is InChI=1S/C20H23ClFN3O4S/c1-14(20(27)23-2)24(12-15-6-4-7-16(21)10-15)19(26)13-25(30(3,28)29)18-9-5-8-17(22)11-18/h4-11,14H,12-13H2,1-3H3,(H,23,27)/t14-/m1/s1. The molecule has 0 bridgehead atoms. The Morgan fingerprint density at radius 2 is 1.83 bits per heavy atom. The second-order valence-corrected chi connectivity index (χ2v) is 9.03. The fraction of sp³-hybridized carbons (Fsp3) is 0.300. The van der Waals surface area contributed by atoms with Gasteiger partial charge < -0.3 is 10.2 Å². The van der Waals surface area contributed by atoms with Gasteiger partial charge in [0.25, 0.3) is 0 Å². The summed E-state index contributed by atoms with van der Waals surface area (Å²) in [5.74, 6) is -1.68. The maximum Gasteiger partial charge on any atom is 0.244 e. The number of carbonyl (C=O) groups is 2. The highest BCUT2D eigenvalue weighted by Gasteiger charge is 2.29. The van der Waals surface area contributed by atoms with E-state index in [0.29, 0.717) is 10.6 Å². The van der Waals surface area contributed by atoms with Gasteiger partial charge in [0.2, 0.25) is 21.8 Å². The summed E-state index contributed by atoms with van der Waals surface area (Å²) in [7, 11) is -2.46. The van der Waals surface area contributed by atoms with Gasteiger partial charge in [0.05, 0.1) is 11.9 Å². The molecular formula is C20H23ClFN3O4S. The van der Waals surface area contributed by atoms with Gasteiger partial charge in [0.1, 0.15) is 18.4 Å². The van der Waals surface area contributed by atoms with Crippen LogP contribution < -0.4 is 9.62 Å². The Bertz CT molecular complexity index is 1030. The molecule has 30 heavy (non-hydrogen) atoms. The lowest BCUT2D eigenvalue weighted by Crippen LogP contribution is -2.50. The van der Waals surface area contributed by atoms with Gasteiger partial charge in [-0.3, -0.25) is 13.9 Å². The van der Waals surface area contributed by atoms with Crippen LogP contribution in [0.25, 0.3) is 0 Å². The minimum Gasteiger partial charge on any atom is -0.357 e. The third-order valence-electron chi connectivity index (χ3n) is 4.43. The fourth-order valence-corrected chi connectivity index (χ4v) is 3.92. The molecule has 0 fully saturated rings. The zero-order chi connectivity index (χ0) is 22.5. The lowest BCUT2D eigenvalue weighted by atomic mass is 10.1. The van der Waals surface area contributed by atoms with E-state index in [9.17, 15) is 22.4 Å². The van der Waals surface area contributed by atoms with Crippen LogP contribution in [0.15, 0.2) is 48.5 Å². The zero-order valence-corrected chi connectivity index (χ0v) is 18.4. The Morgan fingerprint density at radius 3 is 2.40 bits per heavy atom. The average molecular weight is 456 g/mol. The van der Waals surface area contributed by atoms with Crippen molar-refractivity contribution < 1.29 is 22.4 Å². The molecule has 0 spiro atoms. The van der Waals surface area contributed by atoms with Crippen molar-refractivity contribution in [1.82, 2.24) is 10.2 Å². The molecule has 7 nitrogen and oxygen atoms in total. The number of nitrogens with zero attached hydrogens (tertiary/aromatic N) is 2. The summed E-state index contributed by atoms with van der Waals surface area (Å²) in [4.78, 5) is 26.6. The number of carbonyl (C=O) groups excluding carboxylic acids is 2. The average Bonchev–Trinajstić information content (AvgIpc) is 2.68. The van der Waals surface area contributed by atoms with E-state index in [-0.39, 0.29) is 12.2 Å². The largest absolute Gasteiger partial charge is 0.357 e. The van der Waals surface area contributed by atoms with Gasteiger partial charge in [-0.2, -0.15) is 0 Å². The molecule has 2 rings (SSSR count). The first-order valence-electron chi connectivity index (χ1n) is 9.01. The van der Waals surface area contributed by atoms with Crippen molar-refractivity contribution in [1.29, 1.82) is 0 Å². The van der Waals surface area contributed by atoms with Gasteiger partial charge in [-0.25, -0.2) is 12.8 Å². The second-order valence-electron chi connectivity index (χ2n) is 6.69. The van der Waals surface area contributed by atoms with Gasteiger partial charge >= 0.3 is 0 Å². The van der Waals surface area contributed by atoms with Crippen molar-refractivity contribution >= 4 is 39.1 Å². The van der Waals surface area contributed by atoms with E-state index in [0.717, 1.165) is 16.6 Å². The van der Waals surface area contributed by atoms with E-state index in [1.807, 2.05) is 0 Å². The molecule has 0 aliphatic carbocycles. The van der Waals surface area contributed by atoms with Gasteiger partial charge in [-0.15, -0.1) is 0 Å². The van der Waals surface area contributed by atoms with E-state index in [4.69, 9.17) is 11.6 Å². The molecule has 2 aromatic carbocycles. The highest BCUT2D eigenvalue weighted by molar-refractivity contribution is 7.92. The molecule has 0 heterocycles. The number of hydrogen-bond acceptors (Lipinski definition) is 4. The molecule has 1 N–H and O–H groups in total. The Hall–Kier alpha value is -2.65. The smallest absolute Gasteiger partial charge is 0.244 e. The highest BCUT2D eigenvalue weighted by atomic mass is 35.5. The summed E-state index contributed by atoms with van der Waals surface area (Å²) >= 11 is 6.01. The van der Waals surface area contributed by atoms with Crippen molar-refractivity contribution in [3.63, 3.8) is 0 Å². The van der Waals surface area contributed by atoms with Gasteiger partial charge in [-0.1, -0.05) is 29.8 Å². The van der Waals surface area contributed by atoms with E-state index < -0.39 is 40.2 Å². The van der Waals surface area contributed by atoms with Crippen LogP contribution in [-0.2, 0) is 26.2 Å². The zero-order valence-electron chi connectivity index (χ0n) is 16.8. The van der Waals surface area contributed by atoms with Crippen molar-refractivity contribution in [2.75, 3.05) is 24.2 Å². The Balaban J connectivity index is 2.38. The number of anilines is 1. The van der Waals surface area contributed by atoms with Crippen LogP contribution >= 0.6 is 11.6 Å². The molecule has 0 saturated carbocycles. The summed E-state index contributed by atoms with van der Waals surface area (Å²) in [5.41, 5.74) is 0.685. The molecule has 2 aromatic rings. The first-order valence-corrected chi connectivity index (χ1v) is 11.2. The number of likely N-dealkylation sites (N-methyl/N-ethyl adjacent to an activating group) is 1. The quantitative estimate of drug-likeness (QED) is 0.662. The number of hydrogen-bond donors (Lipinski definition) is 1. The lowest BCUT2D eigenvalue weighted by molar-refractivity contribution is -0.139. The van der Waals surface area contributed by atoms with Crippen LogP contribution in [0.1, 0.15) is 12.5 Å². The van der Waals surface area contributed by atoms with Crippen LogP contribution in [0.2, 0.25) is 5.02 Å². The number of halogens is 2. The van der Waals surface area contributed by atoms with Crippen LogP contribution in [0.5, 0.6) is 0 Å². The van der Waals surface area contributed by atoms with E-state index in [1.165, 1.54) is 37.1 Å². The number of amides is 2. The minimum absolute atomic E-state index is 0.0150. The van der Waals surface area contributed by atoms with Crippen molar-refractivity contribution in [3.05, 3.63) is 64.9 Å². The Kier molecular flexibility index (Phi) is 7.80. The normalized spacial score (nSPS) is 12.2. The topological polar surface area (TPSA) is 86.8 Å². The molecule has 0 aliphatic rings. The summed E-state index contributed by atoms with van der Waals surface area (Å²) in [6, 6.07) is 10.8. The third-order valence-corrected chi connectivity index (χ3v) is 5.81. The van der Waals surface area contributed by atoms with Crippen molar-refractivity contribution in [3.8, 4) is 0 Å². The number of benzene rings is 2. The summed E-state index contributed by atoms with van der Waals surface area (Å²) in [5, 5.41) is 2.94. The van der Waals surface area contributed by atoms with Gasteiger partial charge in [-0.05, 0) is 42.8 Å². The fourth-order valence-electron chi connectivity index (χ4n) is 2.87. The Labute approximate surface area is 180 Å². The molecule has 0 aliphatic heterocycles. The van der Waals surface area contributed by atoms with Crippen LogP contribution in [-0.4, -0.2) is 51.0 Å². The minimum atomic E-state index is -3.90. The molecule has 2 amide bonds. The molecule has 0 unspecified atom stereocenters. The Morgan fingerprint density at radius 1 is 1.17 bits per heavy atom. The van der Waals surface area contributed by atoms with E-state index in [1.54, 1.807) is 24.3 Å². The van der Waals surface area contributed by atoms with Crippen LogP contribution in [0, 0.1) is 5.82 Å². The third kappa shape index (κ3) is 6.17. The summed E-state index contributed by atoms with van der Waals surface area (Å²) in [6.07, 6.45) is 0.925.